The van der Waals surface area contributed by atoms with Crippen LogP contribution in [-0.4, -0.2) is 29.7 Å². The number of carbonyl (C=O) groups excluding carboxylic acids is 2. The summed E-state index contributed by atoms with van der Waals surface area (Å²) in [6.07, 6.45) is 1.39. The molecule has 0 saturated heterocycles. The molecule has 2 aromatic carbocycles. The van der Waals surface area contributed by atoms with Gasteiger partial charge in [0.2, 0.25) is 0 Å². The summed E-state index contributed by atoms with van der Waals surface area (Å²) < 4.78 is 14.4. The maximum absolute atomic E-state index is 14.4. The monoisotopic (exact) mass is 425 g/mol. The SMILES string of the molecule is CNC(=N)c1ccc(C(=O)Nc2ccccc2C(=O)Nc2ccc(Cl)cn2)c(F)c1. The lowest BCUT2D eigenvalue weighted by molar-refractivity contribution is 0.102. The third-order valence-corrected chi connectivity index (χ3v) is 4.36. The van der Waals surface area contributed by atoms with Crippen LogP contribution in [0.3, 0.4) is 0 Å². The van der Waals surface area contributed by atoms with Crippen LogP contribution >= 0.6 is 11.6 Å². The number of halogens is 2. The van der Waals surface area contributed by atoms with Crippen LogP contribution < -0.4 is 16.0 Å². The lowest BCUT2D eigenvalue weighted by atomic mass is 10.1. The van der Waals surface area contributed by atoms with Gasteiger partial charge in [-0.05, 0) is 36.4 Å². The molecule has 2 amide bonds. The summed E-state index contributed by atoms with van der Waals surface area (Å²) in [5, 5.41) is 15.9. The predicted octanol–water partition coefficient (Wildman–Crippen LogP) is 3.92. The second-order valence-corrected chi connectivity index (χ2v) is 6.57. The summed E-state index contributed by atoms with van der Waals surface area (Å²) >= 11 is 5.79. The van der Waals surface area contributed by atoms with E-state index in [1.807, 2.05) is 0 Å². The number of amidine groups is 1. The molecule has 0 unspecified atom stereocenters. The van der Waals surface area contributed by atoms with Gasteiger partial charge in [0, 0.05) is 18.8 Å². The van der Waals surface area contributed by atoms with E-state index in [0.29, 0.717) is 16.4 Å². The van der Waals surface area contributed by atoms with Crippen molar-refractivity contribution in [2.75, 3.05) is 17.7 Å². The molecular weight excluding hydrogens is 409 g/mol. The minimum absolute atomic E-state index is 0.0266. The fourth-order valence-electron chi connectivity index (χ4n) is 2.61. The molecule has 1 aromatic heterocycles. The van der Waals surface area contributed by atoms with Crippen LogP contribution in [0.2, 0.25) is 5.02 Å². The highest BCUT2D eigenvalue weighted by Gasteiger charge is 2.17. The molecule has 4 N–H and O–H groups in total. The highest BCUT2D eigenvalue weighted by molar-refractivity contribution is 6.30. The highest BCUT2D eigenvalue weighted by atomic mass is 35.5. The summed E-state index contributed by atoms with van der Waals surface area (Å²) in [5.74, 6) is -1.69. The minimum Gasteiger partial charge on any atom is -0.373 e. The normalized spacial score (nSPS) is 10.2. The molecule has 0 fully saturated rings. The van der Waals surface area contributed by atoms with Crippen LogP contribution in [0.4, 0.5) is 15.9 Å². The maximum Gasteiger partial charge on any atom is 0.258 e. The number of nitrogens with zero attached hydrogens (tertiary/aromatic N) is 1. The Morgan fingerprint density at radius 1 is 1.00 bits per heavy atom. The first-order valence-electron chi connectivity index (χ1n) is 8.78. The molecule has 0 radical (unpaired) electrons. The maximum atomic E-state index is 14.4. The zero-order chi connectivity index (χ0) is 21.7. The van der Waals surface area contributed by atoms with Gasteiger partial charge in [0.1, 0.15) is 17.5 Å². The number of amides is 2. The second kappa shape index (κ2) is 9.15. The molecule has 3 rings (SSSR count). The van der Waals surface area contributed by atoms with Gasteiger partial charge in [-0.3, -0.25) is 15.0 Å². The van der Waals surface area contributed by atoms with E-state index in [1.165, 1.54) is 30.5 Å². The molecule has 3 aromatic rings. The molecule has 152 valence electrons. The van der Waals surface area contributed by atoms with Gasteiger partial charge in [-0.25, -0.2) is 9.37 Å². The largest absolute Gasteiger partial charge is 0.373 e. The number of benzene rings is 2. The first kappa shape index (κ1) is 20.9. The van der Waals surface area contributed by atoms with Crippen molar-refractivity contribution in [3.8, 4) is 0 Å². The van der Waals surface area contributed by atoms with E-state index in [2.05, 4.69) is 20.9 Å². The van der Waals surface area contributed by atoms with Gasteiger partial charge in [-0.2, -0.15) is 0 Å². The molecule has 0 aliphatic rings. The van der Waals surface area contributed by atoms with E-state index < -0.39 is 17.6 Å². The Balaban J connectivity index is 1.80. The lowest BCUT2D eigenvalue weighted by Crippen LogP contribution is -2.21. The molecular formula is C21H17ClFN5O2. The highest BCUT2D eigenvalue weighted by Crippen LogP contribution is 2.20. The lowest BCUT2D eigenvalue weighted by Gasteiger charge is -2.12. The smallest absolute Gasteiger partial charge is 0.258 e. The zero-order valence-corrected chi connectivity index (χ0v) is 16.5. The predicted molar refractivity (Wildman–Crippen MR) is 114 cm³/mol. The molecule has 0 aliphatic carbocycles. The van der Waals surface area contributed by atoms with E-state index in [1.54, 1.807) is 31.3 Å². The molecule has 0 aliphatic heterocycles. The Hall–Kier alpha value is -3.78. The molecule has 0 spiro atoms. The van der Waals surface area contributed by atoms with Gasteiger partial charge >= 0.3 is 0 Å². The van der Waals surface area contributed by atoms with E-state index in [4.69, 9.17) is 17.0 Å². The Morgan fingerprint density at radius 2 is 1.73 bits per heavy atom. The average molecular weight is 426 g/mol. The van der Waals surface area contributed by atoms with Crippen molar-refractivity contribution >= 4 is 40.8 Å². The van der Waals surface area contributed by atoms with Crippen LogP contribution in [-0.2, 0) is 0 Å². The van der Waals surface area contributed by atoms with Crippen LogP contribution in [0.25, 0.3) is 0 Å². The number of nitrogens with one attached hydrogen (secondary N) is 4. The number of aromatic nitrogens is 1. The number of para-hydroxylation sites is 1. The van der Waals surface area contributed by atoms with E-state index in [0.717, 1.165) is 6.07 Å². The Labute approximate surface area is 176 Å². The molecule has 1 heterocycles. The number of hydrogen-bond donors (Lipinski definition) is 4. The quantitative estimate of drug-likeness (QED) is 0.367. The van der Waals surface area contributed by atoms with Gasteiger partial charge in [0.25, 0.3) is 11.8 Å². The summed E-state index contributed by atoms with van der Waals surface area (Å²) in [7, 11) is 1.54. The van der Waals surface area contributed by atoms with Crippen LogP contribution in [0.1, 0.15) is 26.3 Å². The zero-order valence-electron chi connectivity index (χ0n) is 15.8. The van der Waals surface area contributed by atoms with Gasteiger partial charge in [-0.1, -0.05) is 29.8 Å². The fourth-order valence-corrected chi connectivity index (χ4v) is 2.72. The summed E-state index contributed by atoms with van der Waals surface area (Å²) in [5.41, 5.74) is 0.482. The molecule has 9 heteroatoms. The Bertz CT molecular complexity index is 1120. The Morgan fingerprint density at radius 3 is 2.40 bits per heavy atom. The third kappa shape index (κ3) is 4.79. The summed E-state index contributed by atoms with van der Waals surface area (Å²) in [4.78, 5) is 29.2. The Kier molecular flexibility index (Phi) is 6.38. The summed E-state index contributed by atoms with van der Waals surface area (Å²) in [6, 6.07) is 13.3. The first-order valence-corrected chi connectivity index (χ1v) is 9.16. The van der Waals surface area contributed by atoms with Crippen LogP contribution in [0.15, 0.2) is 60.8 Å². The minimum atomic E-state index is -0.780. The number of rotatable bonds is 5. The van der Waals surface area contributed by atoms with Crippen LogP contribution in [0.5, 0.6) is 0 Å². The molecule has 0 atom stereocenters. The molecule has 7 nitrogen and oxygen atoms in total. The third-order valence-electron chi connectivity index (χ3n) is 4.14. The van der Waals surface area contributed by atoms with Crippen molar-refractivity contribution in [1.29, 1.82) is 5.41 Å². The topological polar surface area (TPSA) is 107 Å². The van der Waals surface area contributed by atoms with Crippen molar-refractivity contribution in [1.82, 2.24) is 10.3 Å². The van der Waals surface area contributed by atoms with Gasteiger partial charge in [0.05, 0.1) is 21.8 Å². The van der Waals surface area contributed by atoms with E-state index in [-0.39, 0.29) is 22.6 Å². The van der Waals surface area contributed by atoms with E-state index >= 15 is 0 Å². The second-order valence-electron chi connectivity index (χ2n) is 6.14. The van der Waals surface area contributed by atoms with Gasteiger partial charge in [0.15, 0.2) is 0 Å². The first-order chi connectivity index (χ1) is 14.4. The standard InChI is InChI=1S/C21H17ClFN5O2/c1-25-19(24)12-6-8-14(16(23)10-12)20(29)27-17-5-3-2-4-15(17)21(30)28-18-9-7-13(22)11-26-18/h2-11H,1H3,(H2,24,25)(H,27,29)(H,26,28,30). The number of carbonyl (C=O) groups is 2. The van der Waals surface area contributed by atoms with Crippen molar-refractivity contribution in [3.05, 3.63) is 88.3 Å². The van der Waals surface area contributed by atoms with Gasteiger partial charge in [-0.15, -0.1) is 0 Å². The van der Waals surface area contributed by atoms with Crippen LogP contribution in [0, 0.1) is 11.2 Å². The number of anilines is 2. The molecule has 0 saturated carbocycles. The average Bonchev–Trinajstić information content (AvgIpc) is 2.74. The molecule has 0 bridgehead atoms. The van der Waals surface area contributed by atoms with Gasteiger partial charge < -0.3 is 16.0 Å². The molecule has 30 heavy (non-hydrogen) atoms. The van der Waals surface area contributed by atoms with Crippen molar-refractivity contribution in [2.45, 2.75) is 0 Å². The van der Waals surface area contributed by atoms with E-state index in [9.17, 15) is 14.0 Å². The number of hydrogen-bond acceptors (Lipinski definition) is 4. The number of pyridine rings is 1. The van der Waals surface area contributed by atoms with Crippen molar-refractivity contribution in [2.24, 2.45) is 0 Å². The summed E-state index contributed by atoms with van der Waals surface area (Å²) in [6.45, 7) is 0. The van der Waals surface area contributed by atoms with Crippen molar-refractivity contribution < 1.29 is 14.0 Å². The fraction of sp³-hybridized carbons (Fsp3) is 0.0476. The van der Waals surface area contributed by atoms with Crippen molar-refractivity contribution in [3.63, 3.8) is 0 Å².